The minimum atomic E-state index is -4.35. The van der Waals surface area contributed by atoms with E-state index in [4.69, 9.17) is 4.74 Å². The van der Waals surface area contributed by atoms with Gasteiger partial charge in [-0.25, -0.2) is 0 Å². The van der Waals surface area contributed by atoms with Crippen molar-refractivity contribution in [3.05, 3.63) is 95.3 Å². The largest absolute Gasteiger partial charge is 0.493 e. The molecule has 0 aliphatic rings. The van der Waals surface area contributed by atoms with Crippen molar-refractivity contribution >= 4 is 0 Å². The Labute approximate surface area is 187 Å². The number of hydrogen-bond acceptors (Lipinski definition) is 3. The fraction of sp³-hybridized carbons (Fsp3) is 0.346. The number of alkyl halides is 3. The fourth-order valence-electron chi connectivity index (χ4n) is 3.62. The first kappa shape index (κ1) is 23.8. The number of hydrogen-bond donors (Lipinski definition) is 0. The number of aryl methyl sites for hydroxylation is 1. The number of halogens is 3. The molecule has 32 heavy (non-hydrogen) atoms. The van der Waals surface area contributed by atoms with Gasteiger partial charge in [0.15, 0.2) is 0 Å². The lowest BCUT2D eigenvalue weighted by atomic mass is 9.93. The molecule has 0 unspecified atom stereocenters. The summed E-state index contributed by atoms with van der Waals surface area (Å²) in [5.41, 5.74) is 2.72. The molecule has 6 heteroatoms. The highest BCUT2D eigenvalue weighted by atomic mass is 19.4. The first-order chi connectivity index (χ1) is 15.1. The van der Waals surface area contributed by atoms with E-state index >= 15 is 0 Å². The molecule has 0 radical (unpaired) electrons. The Morgan fingerprint density at radius 2 is 1.62 bits per heavy atom. The predicted molar refractivity (Wildman–Crippen MR) is 120 cm³/mol. The lowest BCUT2D eigenvalue weighted by Crippen LogP contribution is -2.37. The molecule has 0 saturated carbocycles. The molecule has 0 saturated heterocycles. The highest BCUT2D eigenvalue weighted by molar-refractivity contribution is 5.29. The maximum atomic E-state index is 12.8. The molecule has 2 aromatic carbocycles. The highest BCUT2D eigenvalue weighted by Crippen LogP contribution is 2.31. The lowest BCUT2D eigenvalue weighted by Gasteiger charge is -2.33. The lowest BCUT2D eigenvalue weighted by molar-refractivity contribution is -0.137. The van der Waals surface area contributed by atoms with Gasteiger partial charge in [-0.05, 0) is 53.9 Å². The third kappa shape index (κ3) is 7.09. The number of rotatable bonds is 9. The smallest absolute Gasteiger partial charge is 0.416 e. The summed E-state index contributed by atoms with van der Waals surface area (Å²) in [5.74, 6) is 0.434. The molecule has 3 rings (SSSR count). The van der Waals surface area contributed by atoms with Crippen molar-refractivity contribution in [1.29, 1.82) is 0 Å². The van der Waals surface area contributed by atoms with Crippen molar-refractivity contribution in [2.75, 3.05) is 13.2 Å². The topological polar surface area (TPSA) is 25.4 Å². The van der Waals surface area contributed by atoms with Gasteiger partial charge in [0.25, 0.3) is 0 Å². The normalized spacial score (nSPS) is 12.2. The van der Waals surface area contributed by atoms with Gasteiger partial charge in [-0.3, -0.25) is 9.88 Å². The van der Waals surface area contributed by atoms with E-state index in [1.165, 1.54) is 23.3 Å². The van der Waals surface area contributed by atoms with Crippen LogP contribution < -0.4 is 4.74 Å². The summed E-state index contributed by atoms with van der Waals surface area (Å²) in [5, 5.41) is 0. The third-order valence-electron chi connectivity index (χ3n) is 5.25. The Kier molecular flexibility index (Phi) is 7.56. The van der Waals surface area contributed by atoms with Crippen molar-refractivity contribution in [1.82, 2.24) is 9.88 Å². The fourth-order valence-corrected chi connectivity index (χ4v) is 3.62. The second-order valence-electron chi connectivity index (χ2n) is 8.91. The van der Waals surface area contributed by atoms with Gasteiger partial charge >= 0.3 is 6.18 Å². The maximum Gasteiger partial charge on any atom is 0.416 e. The standard InChI is InChI=1S/C26H29F3N2O/c1-20-7-4-5-9-22(20)17-31(16-21-8-6-14-30-15-21)18-25(2,3)19-32-24-12-10-23(11-13-24)26(27,28)29/h4-15H,16-19H2,1-3H3. The molecule has 0 atom stereocenters. The Bertz CT molecular complexity index is 986. The highest BCUT2D eigenvalue weighted by Gasteiger charge is 2.30. The summed E-state index contributed by atoms with van der Waals surface area (Å²) in [7, 11) is 0. The van der Waals surface area contributed by atoms with Crippen LogP contribution in [0.1, 0.15) is 36.1 Å². The minimum absolute atomic E-state index is 0.229. The van der Waals surface area contributed by atoms with E-state index in [-0.39, 0.29) is 5.41 Å². The summed E-state index contributed by atoms with van der Waals surface area (Å²) in [4.78, 5) is 6.58. The predicted octanol–water partition coefficient (Wildman–Crippen LogP) is 6.52. The minimum Gasteiger partial charge on any atom is -0.493 e. The molecule has 1 aromatic heterocycles. The second-order valence-corrected chi connectivity index (χ2v) is 8.91. The van der Waals surface area contributed by atoms with E-state index in [1.807, 2.05) is 24.4 Å². The van der Waals surface area contributed by atoms with E-state index in [9.17, 15) is 13.2 Å². The zero-order chi connectivity index (χ0) is 23.2. The van der Waals surface area contributed by atoms with Crippen LogP contribution in [-0.2, 0) is 19.3 Å². The average Bonchev–Trinajstić information content (AvgIpc) is 2.74. The molecular weight excluding hydrogens is 413 g/mol. The second kappa shape index (κ2) is 10.2. The third-order valence-corrected chi connectivity index (χ3v) is 5.25. The molecule has 0 aliphatic heterocycles. The van der Waals surface area contributed by atoms with E-state index < -0.39 is 11.7 Å². The number of ether oxygens (including phenoxy) is 1. The maximum absolute atomic E-state index is 12.8. The Hall–Kier alpha value is -2.86. The van der Waals surface area contributed by atoms with Crippen LogP contribution in [-0.4, -0.2) is 23.0 Å². The van der Waals surface area contributed by atoms with Crippen LogP contribution >= 0.6 is 0 Å². The van der Waals surface area contributed by atoms with E-state index in [0.29, 0.717) is 12.4 Å². The first-order valence-electron chi connectivity index (χ1n) is 10.6. The van der Waals surface area contributed by atoms with Crippen LogP contribution in [0.3, 0.4) is 0 Å². The summed E-state index contributed by atoms with van der Waals surface area (Å²) < 4.78 is 44.2. The summed E-state index contributed by atoms with van der Waals surface area (Å²) >= 11 is 0. The zero-order valence-electron chi connectivity index (χ0n) is 18.7. The van der Waals surface area contributed by atoms with Gasteiger partial charge in [0.05, 0.1) is 12.2 Å². The van der Waals surface area contributed by atoms with Crippen LogP contribution in [0, 0.1) is 12.3 Å². The Morgan fingerprint density at radius 1 is 0.906 bits per heavy atom. The summed E-state index contributed by atoms with van der Waals surface area (Å²) in [6.45, 7) is 8.97. The van der Waals surface area contributed by atoms with Crippen LogP contribution in [0.5, 0.6) is 5.75 Å². The van der Waals surface area contributed by atoms with Crippen LogP contribution in [0.15, 0.2) is 73.1 Å². The molecule has 0 aliphatic carbocycles. The first-order valence-corrected chi connectivity index (χ1v) is 10.6. The molecule has 0 fully saturated rings. The van der Waals surface area contributed by atoms with Crippen molar-refractivity contribution in [2.24, 2.45) is 5.41 Å². The monoisotopic (exact) mass is 442 g/mol. The van der Waals surface area contributed by atoms with Crippen molar-refractivity contribution in [3.63, 3.8) is 0 Å². The number of nitrogens with zero attached hydrogens (tertiary/aromatic N) is 2. The molecular formula is C26H29F3N2O. The number of pyridine rings is 1. The number of aromatic nitrogens is 1. The molecule has 170 valence electrons. The molecule has 3 aromatic rings. The Morgan fingerprint density at radius 3 is 2.25 bits per heavy atom. The van der Waals surface area contributed by atoms with E-state index in [1.54, 1.807) is 6.20 Å². The van der Waals surface area contributed by atoms with Gasteiger partial charge in [0, 0.05) is 37.4 Å². The van der Waals surface area contributed by atoms with Gasteiger partial charge < -0.3 is 4.74 Å². The van der Waals surface area contributed by atoms with Gasteiger partial charge in [-0.2, -0.15) is 13.2 Å². The number of benzene rings is 2. The zero-order valence-corrected chi connectivity index (χ0v) is 18.7. The van der Waals surface area contributed by atoms with Gasteiger partial charge in [-0.15, -0.1) is 0 Å². The van der Waals surface area contributed by atoms with Gasteiger partial charge in [0.2, 0.25) is 0 Å². The van der Waals surface area contributed by atoms with Crippen LogP contribution in [0.2, 0.25) is 0 Å². The molecule has 0 amide bonds. The molecule has 1 heterocycles. The summed E-state index contributed by atoms with van der Waals surface area (Å²) in [6, 6.07) is 17.2. The van der Waals surface area contributed by atoms with Gasteiger partial charge in [-0.1, -0.05) is 44.2 Å². The van der Waals surface area contributed by atoms with Crippen molar-refractivity contribution < 1.29 is 17.9 Å². The quantitative estimate of drug-likeness (QED) is 0.377. The van der Waals surface area contributed by atoms with E-state index in [2.05, 4.69) is 48.9 Å². The van der Waals surface area contributed by atoms with E-state index in [0.717, 1.165) is 37.3 Å². The van der Waals surface area contributed by atoms with Crippen molar-refractivity contribution in [3.8, 4) is 5.75 Å². The SMILES string of the molecule is Cc1ccccc1CN(Cc1cccnc1)CC(C)(C)COc1ccc(C(F)(F)F)cc1. The van der Waals surface area contributed by atoms with Crippen LogP contribution in [0.4, 0.5) is 13.2 Å². The molecule has 0 bridgehead atoms. The molecule has 0 N–H and O–H groups in total. The van der Waals surface area contributed by atoms with Gasteiger partial charge in [0.1, 0.15) is 5.75 Å². The average molecular weight is 443 g/mol. The van der Waals surface area contributed by atoms with Crippen LogP contribution in [0.25, 0.3) is 0 Å². The summed E-state index contributed by atoms with van der Waals surface area (Å²) in [6.07, 6.45) is -0.715. The molecule has 3 nitrogen and oxygen atoms in total. The molecule has 0 spiro atoms. The Balaban J connectivity index is 1.68. The van der Waals surface area contributed by atoms with Crippen molar-refractivity contribution in [2.45, 2.75) is 40.0 Å².